The van der Waals surface area contributed by atoms with Gasteiger partial charge in [0.25, 0.3) is 10.0 Å². The molecule has 0 spiro atoms. The number of aromatic nitrogens is 2. The topological polar surface area (TPSA) is 89.5 Å². The maximum absolute atomic E-state index is 12.5. The largest absolute Gasteiger partial charge is 0.399 e. The lowest BCUT2D eigenvalue weighted by atomic mass is 10.3. The molecule has 1 aromatic carbocycles. The van der Waals surface area contributed by atoms with Crippen LogP contribution in [0.1, 0.15) is 5.69 Å². The van der Waals surface area contributed by atoms with E-state index >= 15 is 0 Å². The van der Waals surface area contributed by atoms with E-state index in [-0.39, 0.29) is 4.90 Å². The van der Waals surface area contributed by atoms with Crippen LogP contribution in [-0.2, 0) is 10.0 Å². The number of benzene rings is 1. The van der Waals surface area contributed by atoms with Gasteiger partial charge in [-0.25, -0.2) is 13.4 Å². The van der Waals surface area contributed by atoms with Crippen LogP contribution >= 0.6 is 15.9 Å². The van der Waals surface area contributed by atoms with E-state index in [0.29, 0.717) is 22.8 Å². The van der Waals surface area contributed by atoms with E-state index in [1.807, 2.05) is 6.07 Å². The molecule has 3 rings (SSSR count). The summed E-state index contributed by atoms with van der Waals surface area (Å²) >= 11 is 3.37. The van der Waals surface area contributed by atoms with Gasteiger partial charge in [-0.3, -0.25) is 9.12 Å². The number of pyridine rings is 1. The minimum absolute atomic E-state index is 0.144. The van der Waals surface area contributed by atoms with E-state index in [1.54, 1.807) is 35.7 Å². The smallest absolute Gasteiger partial charge is 0.263 e. The Balaban J connectivity index is 2.07. The van der Waals surface area contributed by atoms with Crippen LogP contribution in [-0.4, -0.2) is 17.8 Å². The number of nitrogens with one attached hydrogen (secondary N) is 1. The Morgan fingerprint density at radius 1 is 1.18 bits per heavy atom. The molecule has 0 aliphatic carbocycles. The minimum Gasteiger partial charge on any atom is -0.399 e. The van der Waals surface area contributed by atoms with E-state index in [9.17, 15) is 8.42 Å². The van der Waals surface area contributed by atoms with Gasteiger partial charge < -0.3 is 5.73 Å². The summed E-state index contributed by atoms with van der Waals surface area (Å²) in [6.45, 7) is 1.75. The number of hydrogen-bond acceptors (Lipinski definition) is 4. The van der Waals surface area contributed by atoms with Gasteiger partial charge in [-0.05, 0) is 59.3 Å². The Hall–Kier alpha value is -2.06. The third-order valence-electron chi connectivity index (χ3n) is 3.18. The summed E-state index contributed by atoms with van der Waals surface area (Å²) in [4.78, 5) is 4.49. The second-order valence-corrected chi connectivity index (χ2v) is 7.39. The van der Waals surface area contributed by atoms with E-state index in [0.717, 1.165) is 4.47 Å². The van der Waals surface area contributed by atoms with Gasteiger partial charge in [-0.15, -0.1) is 0 Å². The molecule has 0 radical (unpaired) electrons. The Bertz CT molecular complexity index is 949. The number of sulfonamides is 1. The highest BCUT2D eigenvalue weighted by Crippen LogP contribution is 2.23. The summed E-state index contributed by atoms with van der Waals surface area (Å²) in [5, 5.41) is 0. The first kappa shape index (κ1) is 14.9. The van der Waals surface area contributed by atoms with Crippen LogP contribution < -0.4 is 10.5 Å². The zero-order valence-corrected chi connectivity index (χ0v) is 14.0. The van der Waals surface area contributed by atoms with E-state index in [4.69, 9.17) is 5.73 Å². The predicted molar refractivity (Wildman–Crippen MR) is 89.3 cm³/mol. The number of nitrogen functional groups attached to an aromatic ring is 1. The number of imidazole rings is 1. The quantitative estimate of drug-likeness (QED) is 0.683. The van der Waals surface area contributed by atoms with Gasteiger partial charge in [0.05, 0.1) is 10.6 Å². The fraction of sp³-hybridized carbons (Fsp3) is 0.0714. The first-order chi connectivity index (χ1) is 10.4. The standard InChI is InChI=1S/C14H13BrN4O2S/c1-9-14(19-8-10(15)2-7-13(19)17-9)18-22(20,21)12-5-3-11(16)4-6-12/h2-8,18H,16H2,1H3. The first-order valence-electron chi connectivity index (χ1n) is 6.39. The highest BCUT2D eigenvalue weighted by atomic mass is 79.9. The molecule has 2 aromatic heterocycles. The molecule has 2 heterocycles. The van der Waals surface area contributed by atoms with Crippen molar-refractivity contribution in [2.45, 2.75) is 11.8 Å². The van der Waals surface area contributed by atoms with Gasteiger partial charge in [0.2, 0.25) is 0 Å². The third-order valence-corrected chi connectivity index (χ3v) is 5.00. The zero-order chi connectivity index (χ0) is 15.9. The van der Waals surface area contributed by atoms with Crippen molar-refractivity contribution in [2.24, 2.45) is 0 Å². The number of rotatable bonds is 3. The van der Waals surface area contributed by atoms with E-state index < -0.39 is 10.0 Å². The second-order valence-electron chi connectivity index (χ2n) is 4.80. The molecule has 0 fully saturated rings. The Morgan fingerprint density at radius 2 is 1.86 bits per heavy atom. The fourth-order valence-corrected chi connectivity index (χ4v) is 3.54. The van der Waals surface area contributed by atoms with Gasteiger partial charge in [-0.2, -0.15) is 0 Å². The monoisotopic (exact) mass is 380 g/mol. The van der Waals surface area contributed by atoms with Crippen molar-refractivity contribution in [2.75, 3.05) is 10.5 Å². The summed E-state index contributed by atoms with van der Waals surface area (Å²) in [6, 6.07) is 9.68. The SMILES string of the molecule is Cc1nc2ccc(Br)cn2c1NS(=O)(=O)c1ccc(N)cc1. The molecule has 0 aliphatic rings. The second kappa shape index (κ2) is 5.29. The number of anilines is 2. The van der Waals surface area contributed by atoms with Gasteiger partial charge in [0.15, 0.2) is 0 Å². The maximum atomic E-state index is 12.5. The van der Waals surface area contributed by atoms with Crippen molar-refractivity contribution in [1.82, 2.24) is 9.38 Å². The van der Waals surface area contributed by atoms with E-state index in [1.165, 1.54) is 12.1 Å². The van der Waals surface area contributed by atoms with Gasteiger partial charge >= 0.3 is 0 Å². The van der Waals surface area contributed by atoms with Crippen molar-refractivity contribution in [3.8, 4) is 0 Å². The Labute approximate surface area is 136 Å². The average Bonchev–Trinajstić information content (AvgIpc) is 2.75. The summed E-state index contributed by atoms with van der Waals surface area (Å²) in [5.41, 5.74) is 7.35. The number of halogens is 1. The maximum Gasteiger partial charge on any atom is 0.263 e. The molecule has 6 nitrogen and oxygen atoms in total. The lowest BCUT2D eigenvalue weighted by Crippen LogP contribution is -2.15. The fourth-order valence-electron chi connectivity index (χ4n) is 2.09. The van der Waals surface area contributed by atoms with Crippen LogP contribution in [0.25, 0.3) is 5.65 Å². The van der Waals surface area contributed by atoms with Crippen molar-refractivity contribution in [3.63, 3.8) is 0 Å². The summed E-state index contributed by atoms with van der Waals surface area (Å²) in [7, 11) is -3.71. The van der Waals surface area contributed by atoms with Crippen molar-refractivity contribution >= 4 is 43.1 Å². The molecule has 22 heavy (non-hydrogen) atoms. The van der Waals surface area contributed by atoms with Crippen LogP contribution in [0, 0.1) is 6.92 Å². The lowest BCUT2D eigenvalue weighted by Gasteiger charge is -2.09. The third kappa shape index (κ3) is 2.67. The number of nitrogens with zero attached hydrogens (tertiary/aromatic N) is 2. The van der Waals surface area contributed by atoms with Crippen molar-refractivity contribution in [1.29, 1.82) is 0 Å². The highest BCUT2D eigenvalue weighted by molar-refractivity contribution is 9.10. The van der Waals surface area contributed by atoms with Gasteiger partial charge in [-0.1, -0.05) is 0 Å². The van der Waals surface area contributed by atoms with Crippen LogP contribution in [0.2, 0.25) is 0 Å². The molecule has 0 atom stereocenters. The molecule has 3 N–H and O–H groups in total. The van der Waals surface area contributed by atoms with Gasteiger partial charge in [0, 0.05) is 16.4 Å². The number of nitrogens with two attached hydrogens (primary N) is 1. The molecule has 114 valence electrons. The molecule has 0 bridgehead atoms. The van der Waals surface area contributed by atoms with E-state index in [2.05, 4.69) is 25.6 Å². The first-order valence-corrected chi connectivity index (χ1v) is 8.67. The average molecular weight is 381 g/mol. The Kier molecular flexibility index (Phi) is 3.57. The lowest BCUT2D eigenvalue weighted by molar-refractivity contribution is 0.601. The molecule has 0 aliphatic heterocycles. The minimum atomic E-state index is -3.71. The van der Waals surface area contributed by atoms with Crippen LogP contribution in [0.5, 0.6) is 0 Å². The number of fused-ring (bicyclic) bond motifs is 1. The predicted octanol–water partition coefficient (Wildman–Crippen LogP) is 2.79. The molecule has 8 heteroatoms. The summed E-state index contributed by atoms with van der Waals surface area (Å²) in [6.07, 6.45) is 1.76. The molecule has 0 saturated heterocycles. The van der Waals surface area contributed by atoms with Gasteiger partial charge in [0.1, 0.15) is 11.5 Å². The summed E-state index contributed by atoms with van der Waals surface area (Å²) in [5.74, 6) is 0.410. The molecule has 0 amide bonds. The zero-order valence-electron chi connectivity index (χ0n) is 11.6. The van der Waals surface area contributed by atoms with Crippen molar-refractivity contribution in [3.05, 3.63) is 52.8 Å². The molecule has 0 unspecified atom stereocenters. The van der Waals surface area contributed by atoms with Crippen LogP contribution in [0.4, 0.5) is 11.5 Å². The normalized spacial score (nSPS) is 11.7. The van der Waals surface area contributed by atoms with Crippen LogP contribution in [0.3, 0.4) is 0 Å². The molecular formula is C14H13BrN4O2S. The molecular weight excluding hydrogens is 368 g/mol. The number of aryl methyl sites for hydroxylation is 1. The summed E-state index contributed by atoms with van der Waals surface area (Å²) < 4.78 is 30.1. The Morgan fingerprint density at radius 3 is 2.55 bits per heavy atom. The molecule has 0 saturated carbocycles. The van der Waals surface area contributed by atoms with Crippen LogP contribution in [0.15, 0.2) is 52.0 Å². The number of hydrogen-bond donors (Lipinski definition) is 2. The van der Waals surface area contributed by atoms with Crippen molar-refractivity contribution < 1.29 is 8.42 Å². The highest BCUT2D eigenvalue weighted by Gasteiger charge is 2.18. The molecule has 3 aromatic rings.